The van der Waals surface area contributed by atoms with Gasteiger partial charge in [0.1, 0.15) is 49.7 Å². The zero-order chi connectivity index (χ0) is 57.4. The molecule has 2 aromatic rings. The van der Waals surface area contributed by atoms with E-state index in [0.29, 0.717) is 108 Å². The number of urea groups is 1. The summed E-state index contributed by atoms with van der Waals surface area (Å²) in [6.07, 6.45) is 3.25. The van der Waals surface area contributed by atoms with E-state index in [1.165, 1.54) is 4.90 Å². The molecule has 5 N–H and O–H groups in total. The second-order valence-electron chi connectivity index (χ2n) is 19.8. The number of anilines is 1. The van der Waals surface area contributed by atoms with Crippen LogP contribution in [-0.2, 0) is 42.7 Å². The number of hydrogen-bond donors (Lipinski definition) is 5. The average Bonchev–Trinajstić information content (AvgIpc) is 3.92. The highest BCUT2D eigenvalue weighted by Gasteiger charge is 2.42. The Bertz CT molecular complexity index is 2750. The SMILES string of the molecule is CCCCNC(=O)COCC(=O)OC1CC(N2C=C(C)C(NCCCOCCOCCOCCCNC(=O)OCCN(C)C(=O)c3ccccc3-c3c4cc(C)/c(=N\CC)cc-4oc4cc(NCC)c(C)cc34)NC2=O)OC1CC. The number of unbranched alkanes of at least 4 members (excludes halogenated alkanes) is 1. The van der Waals surface area contributed by atoms with E-state index < -0.39 is 30.5 Å². The Balaban J connectivity index is 0.805. The predicted octanol–water partition coefficient (Wildman–Crippen LogP) is 7.02. The fourth-order valence-corrected chi connectivity index (χ4v) is 9.38. The largest absolute Gasteiger partial charge is 0.458 e. The van der Waals surface area contributed by atoms with Crippen molar-refractivity contribution in [3.05, 3.63) is 82.4 Å². The molecule has 0 spiro atoms. The van der Waals surface area contributed by atoms with Crippen molar-refractivity contribution in [1.82, 2.24) is 31.1 Å². The number of esters is 1. The minimum Gasteiger partial charge on any atom is -0.458 e. The first-order valence-electron chi connectivity index (χ1n) is 28.2. The normalized spacial score (nSPS) is 17.4. The third kappa shape index (κ3) is 18.2. The van der Waals surface area contributed by atoms with E-state index in [4.69, 9.17) is 37.6 Å². The zero-order valence-corrected chi connectivity index (χ0v) is 48.0. The van der Waals surface area contributed by atoms with Crippen LogP contribution in [0.1, 0.15) is 94.6 Å². The molecule has 3 aliphatic heterocycles. The first kappa shape index (κ1) is 62.6. The number of likely N-dealkylation sites (N-methyl/N-ethyl adjacent to an activating group) is 1. The number of amides is 5. The maximum Gasteiger partial charge on any atom is 0.407 e. The first-order valence-corrected chi connectivity index (χ1v) is 28.2. The summed E-state index contributed by atoms with van der Waals surface area (Å²) in [4.78, 5) is 71.9. The lowest BCUT2D eigenvalue weighted by Crippen LogP contribution is -2.56. The van der Waals surface area contributed by atoms with Crippen molar-refractivity contribution in [2.45, 2.75) is 112 Å². The fraction of sp³-hybridized carbons (Fsp3) is 0.559. The molecule has 5 amide bonds. The molecule has 4 aliphatic rings. The van der Waals surface area contributed by atoms with Crippen LogP contribution in [0.4, 0.5) is 15.3 Å². The Morgan fingerprint density at radius 1 is 0.812 bits per heavy atom. The van der Waals surface area contributed by atoms with E-state index in [1.54, 1.807) is 18.1 Å². The summed E-state index contributed by atoms with van der Waals surface area (Å²) in [5.74, 6) is -0.410. The maximum absolute atomic E-state index is 14.1. The van der Waals surface area contributed by atoms with Gasteiger partial charge in [-0.3, -0.25) is 24.8 Å². The highest BCUT2D eigenvalue weighted by Crippen LogP contribution is 2.43. The number of fused-ring (bicyclic) bond motifs is 2. The molecule has 21 nitrogen and oxygen atoms in total. The summed E-state index contributed by atoms with van der Waals surface area (Å²) in [6, 6.07) is 15.4. The maximum atomic E-state index is 14.1. The average molecular weight is 1110 g/mol. The van der Waals surface area contributed by atoms with Crippen LogP contribution in [0.25, 0.3) is 33.4 Å². The number of rotatable bonds is 33. The van der Waals surface area contributed by atoms with Crippen LogP contribution in [0.3, 0.4) is 0 Å². The number of hydrogen-bond acceptors (Lipinski definition) is 16. The quantitative estimate of drug-likeness (QED) is 0.0183. The van der Waals surface area contributed by atoms with Crippen LogP contribution in [0.2, 0.25) is 0 Å². The smallest absolute Gasteiger partial charge is 0.407 e. The van der Waals surface area contributed by atoms with E-state index in [2.05, 4.69) is 57.6 Å². The molecule has 3 heterocycles. The van der Waals surface area contributed by atoms with Crippen LogP contribution in [0, 0.1) is 13.8 Å². The van der Waals surface area contributed by atoms with Gasteiger partial charge in [-0.05, 0) is 107 Å². The highest BCUT2D eigenvalue weighted by atomic mass is 16.6. The van der Waals surface area contributed by atoms with Crippen molar-refractivity contribution < 1.29 is 61.5 Å². The van der Waals surface area contributed by atoms with Crippen molar-refractivity contribution in [3.8, 4) is 22.5 Å². The van der Waals surface area contributed by atoms with Crippen molar-refractivity contribution in [2.75, 3.05) is 111 Å². The Labute approximate surface area is 470 Å². The summed E-state index contributed by atoms with van der Waals surface area (Å²) in [5, 5.41) is 17.0. The summed E-state index contributed by atoms with van der Waals surface area (Å²) in [7, 11) is 1.70. The lowest BCUT2D eigenvalue weighted by molar-refractivity contribution is -0.158. The van der Waals surface area contributed by atoms with E-state index in [1.807, 2.05) is 71.0 Å². The van der Waals surface area contributed by atoms with E-state index in [9.17, 15) is 24.0 Å². The second-order valence-corrected chi connectivity index (χ2v) is 19.8. The molecule has 0 bridgehead atoms. The van der Waals surface area contributed by atoms with Crippen molar-refractivity contribution in [3.63, 3.8) is 0 Å². The fourth-order valence-electron chi connectivity index (χ4n) is 9.38. The minimum absolute atomic E-state index is 0.0114. The molecular weight excluding hydrogens is 1030 g/mol. The monoisotopic (exact) mass is 1110 g/mol. The number of alkyl carbamates (subject to hydrolysis) is 1. The van der Waals surface area contributed by atoms with Crippen LogP contribution >= 0.6 is 0 Å². The number of carbonyl (C=O) groups excluding carboxylic acids is 5. The Kier molecular flexibility index (Phi) is 25.5. The molecule has 1 saturated heterocycles. The van der Waals surface area contributed by atoms with Gasteiger partial charge in [-0.2, -0.15) is 0 Å². The van der Waals surface area contributed by atoms with E-state index in [-0.39, 0.29) is 50.4 Å². The Morgan fingerprint density at radius 3 is 2.26 bits per heavy atom. The van der Waals surface area contributed by atoms with Crippen LogP contribution in [0.5, 0.6) is 0 Å². The van der Waals surface area contributed by atoms with Crippen molar-refractivity contribution in [2.24, 2.45) is 4.99 Å². The standard InChI is InChI=1S/C59H84N8O13/c1-9-13-20-62-52(68)37-76-38-54(69)80-51-35-53(79-48(51)10-2)67-36-41(7)56(65-58(67)71)63-21-16-24-73-27-29-75-30-28-74-25-17-22-64-59(72)77-26-23-66(8)57(70)43-19-15-14-18-42(43)55-44-31-39(5)46(60-11-3)33-49(44)78-50-34-47(61-12-4)40(6)32-45(50)55/h14-15,18-19,31-34,36,48,51,53,56,60,63H,9-13,16-17,20-30,35,37-38H2,1-8H3,(H,62,68)(H,64,72)(H,65,71)/b61-47-. The molecule has 6 rings (SSSR count). The van der Waals surface area contributed by atoms with Crippen molar-refractivity contribution in [1.29, 1.82) is 0 Å². The molecule has 0 saturated carbocycles. The lowest BCUT2D eigenvalue weighted by atomic mass is 9.89. The topological polar surface area (TPSA) is 242 Å². The molecule has 4 unspecified atom stereocenters. The van der Waals surface area contributed by atoms with Gasteiger partial charge in [0.25, 0.3) is 5.91 Å². The molecule has 438 valence electrons. The summed E-state index contributed by atoms with van der Waals surface area (Å²) >= 11 is 0. The summed E-state index contributed by atoms with van der Waals surface area (Å²) < 4.78 is 46.0. The molecule has 1 fully saturated rings. The van der Waals surface area contributed by atoms with Gasteiger partial charge in [0, 0.05) is 99.0 Å². The summed E-state index contributed by atoms with van der Waals surface area (Å²) in [6.45, 7) is 19.1. The first-order chi connectivity index (χ1) is 38.8. The Hall–Kier alpha value is -6.62. The second kappa shape index (κ2) is 32.6. The molecule has 4 atom stereocenters. The molecule has 2 aromatic carbocycles. The zero-order valence-electron chi connectivity index (χ0n) is 48.0. The molecule has 21 heteroatoms. The number of aryl methyl sites for hydroxylation is 2. The van der Waals surface area contributed by atoms with Gasteiger partial charge in [-0.1, -0.05) is 38.5 Å². The van der Waals surface area contributed by atoms with Gasteiger partial charge in [0.2, 0.25) is 5.91 Å². The van der Waals surface area contributed by atoms with Gasteiger partial charge in [-0.25, -0.2) is 14.4 Å². The number of benzene rings is 3. The number of nitrogens with one attached hydrogen (secondary N) is 5. The minimum atomic E-state index is -0.613. The van der Waals surface area contributed by atoms with Crippen molar-refractivity contribution >= 4 is 46.6 Å². The van der Waals surface area contributed by atoms with E-state index >= 15 is 0 Å². The molecular formula is C59H84N8O13. The lowest BCUT2D eigenvalue weighted by Gasteiger charge is -2.34. The number of nitrogens with zero attached hydrogens (tertiary/aromatic N) is 3. The van der Waals surface area contributed by atoms with Crippen LogP contribution in [-0.4, -0.2) is 170 Å². The van der Waals surface area contributed by atoms with Gasteiger partial charge in [0.05, 0.1) is 44.4 Å². The molecule has 0 radical (unpaired) electrons. The third-order valence-electron chi connectivity index (χ3n) is 13.6. The van der Waals surface area contributed by atoms with Gasteiger partial charge < -0.3 is 63.7 Å². The molecule has 0 aromatic heterocycles. The molecule has 1 aliphatic carbocycles. The van der Waals surface area contributed by atoms with Gasteiger partial charge in [0.15, 0.2) is 0 Å². The number of ether oxygens (including phenoxy) is 7. The Morgan fingerprint density at radius 2 is 1.54 bits per heavy atom. The number of carbonyl (C=O) groups is 5. The highest BCUT2D eigenvalue weighted by molar-refractivity contribution is 6.09. The summed E-state index contributed by atoms with van der Waals surface area (Å²) in [5.41, 5.74) is 7.70. The molecule has 80 heavy (non-hydrogen) atoms. The van der Waals surface area contributed by atoms with Crippen LogP contribution in [0.15, 0.2) is 69.7 Å². The third-order valence-corrected chi connectivity index (χ3v) is 13.6. The predicted molar refractivity (Wildman–Crippen MR) is 304 cm³/mol. The van der Waals surface area contributed by atoms with Gasteiger partial charge >= 0.3 is 18.1 Å². The van der Waals surface area contributed by atoms with E-state index in [0.717, 1.165) is 69.2 Å². The van der Waals surface area contributed by atoms with Gasteiger partial charge in [-0.15, -0.1) is 0 Å². The van der Waals surface area contributed by atoms with Crippen LogP contribution < -0.4 is 31.9 Å².